The molecule has 0 atom stereocenters. The molecule has 0 amide bonds. The zero-order valence-electron chi connectivity index (χ0n) is 12.7. The van der Waals surface area contributed by atoms with Crippen molar-refractivity contribution >= 4 is 63.0 Å². The molecule has 25 heavy (non-hydrogen) atoms. The number of hydrogen-bond acceptors (Lipinski definition) is 3. The first kappa shape index (κ1) is 17.7. The molecule has 0 aliphatic heterocycles. The monoisotopic (exact) mass is 398 g/mol. The Labute approximate surface area is 156 Å². The van der Waals surface area contributed by atoms with E-state index in [0.717, 1.165) is 6.07 Å². The lowest BCUT2D eigenvalue weighted by molar-refractivity contribution is 0.101. The van der Waals surface area contributed by atoms with E-state index in [1.807, 2.05) is 0 Å². The summed E-state index contributed by atoms with van der Waals surface area (Å²) in [4.78, 5) is 27.6. The van der Waals surface area contributed by atoms with E-state index in [9.17, 15) is 14.0 Å². The smallest absolute Gasteiger partial charge is 0.203 e. The van der Waals surface area contributed by atoms with Gasteiger partial charge in [0.05, 0.1) is 26.6 Å². The molecule has 0 saturated heterocycles. The van der Waals surface area contributed by atoms with Crippen LogP contribution in [0.5, 0.6) is 0 Å². The zero-order valence-corrected chi connectivity index (χ0v) is 15.0. The first-order chi connectivity index (χ1) is 11.8. The average Bonchev–Trinajstić information content (AvgIpc) is 2.53. The number of Topliss-reactive ketones (excluding diaryl/α,β-unsaturated/α-hetero) is 1. The molecule has 0 unspecified atom stereocenters. The van der Waals surface area contributed by atoms with E-state index < -0.39 is 17.0 Å². The van der Waals surface area contributed by atoms with Gasteiger partial charge in [0, 0.05) is 5.02 Å². The van der Waals surface area contributed by atoms with Gasteiger partial charge >= 0.3 is 0 Å². The summed E-state index contributed by atoms with van der Waals surface area (Å²) in [6, 6.07) is 6.97. The normalized spacial score (nSPS) is 10.9. The number of fused-ring (bicyclic) bond motifs is 1. The Morgan fingerprint density at radius 3 is 2.44 bits per heavy atom. The number of carbonyl (C=O) groups excluding carboxylic acids is 1. The number of benzene rings is 2. The standard InChI is InChI=1S/C17H10Cl3FN2O2/c1-7(24)13-16(25)14-9(19)3-4-10(20)15(14)23-17(13)22-12-5-2-8(18)6-11(12)21/h2-6H,1H3,(H2,22,23,25). The molecule has 2 N–H and O–H groups in total. The third kappa shape index (κ3) is 3.23. The molecule has 0 fully saturated rings. The van der Waals surface area contributed by atoms with E-state index >= 15 is 0 Å². The summed E-state index contributed by atoms with van der Waals surface area (Å²) in [5, 5.41) is 3.44. The van der Waals surface area contributed by atoms with Crippen molar-refractivity contribution in [2.75, 3.05) is 5.32 Å². The highest BCUT2D eigenvalue weighted by Crippen LogP contribution is 2.30. The minimum atomic E-state index is -0.639. The maximum absolute atomic E-state index is 14.1. The van der Waals surface area contributed by atoms with Crippen LogP contribution in [0.1, 0.15) is 17.3 Å². The number of rotatable bonds is 3. The predicted molar refractivity (Wildman–Crippen MR) is 99.3 cm³/mol. The summed E-state index contributed by atoms with van der Waals surface area (Å²) in [6.07, 6.45) is 0. The maximum atomic E-state index is 14.1. The summed E-state index contributed by atoms with van der Waals surface area (Å²) < 4.78 is 14.1. The third-order valence-electron chi connectivity index (χ3n) is 3.60. The number of halogens is 4. The molecule has 1 heterocycles. The highest BCUT2D eigenvalue weighted by atomic mass is 35.5. The first-order valence-electron chi connectivity index (χ1n) is 7.06. The Hall–Kier alpha value is -2.08. The van der Waals surface area contributed by atoms with Crippen LogP contribution < -0.4 is 10.7 Å². The summed E-state index contributed by atoms with van der Waals surface area (Å²) in [6.45, 7) is 1.23. The van der Waals surface area contributed by atoms with E-state index in [1.165, 1.54) is 31.2 Å². The molecule has 4 nitrogen and oxygen atoms in total. The maximum Gasteiger partial charge on any atom is 0.203 e. The molecule has 0 aliphatic rings. The molecule has 0 saturated carbocycles. The molecular formula is C17H10Cl3FN2O2. The number of nitrogens with one attached hydrogen (secondary N) is 2. The second-order valence-corrected chi connectivity index (χ2v) is 6.54. The van der Waals surface area contributed by atoms with Gasteiger partial charge in [-0.15, -0.1) is 0 Å². The van der Waals surface area contributed by atoms with Crippen LogP contribution in [0, 0.1) is 5.82 Å². The van der Waals surface area contributed by atoms with Crippen LogP contribution in [0.25, 0.3) is 10.9 Å². The van der Waals surface area contributed by atoms with Crippen LogP contribution >= 0.6 is 34.8 Å². The second-order valence-electron chi connectivity index (χ2n) is 5.29. The number of ketones is 1. The lowest BCUT2D eigenvalue weighted by Crippen LogP contribution is -2.18. The van der Waals surface area contributed by atoms with Crippen molar-refractivity contribution in [3.05, 3.63) is 67.0 Å². The van der Waals surface area contributed by atoms with Gasteiger partial charge in [-0.1, -0.05) is 34.8 Å². The summed E-state index contributed by atoms with van der Waals surface area (Å²) >= 11 is 17.9. The lowest BCUT2D eigenvalue weighted by Gasteiger charge is -2.14. The number of hydrogen-bond donors (Lipinski definition) is 2. The Morgan fingerprint density at radius 2 is 1.80 bits per heavy atom. The van der Waals surface area contributed by atoms with Crippen molar-refractivity contribution in [2.45, 2.75) is 6.92 Å². The van der Waals surface area contributed by atoms with E-state index in [1.54, 1.807) is 0 Å². The number of aromatic amines is 1. The molecule has 3 aromatic rings. The fourth-order valence-corrected chi connectivity index (χ4v) is 3.08. The van der Waals surface area contributed by atoms with Crippen LogP contribution in [0.15, 0.2) is 35.1 Å². The molecule has 0 bridgehead atoms. The topological polar surface area (TPSA) is 62.0 Å². The van der Waals surface area contributed by atoms with Crippen molar-refractivity contribution in [2.24, 2.45) is 0 Å². The van der Waals surface area contributed by atoms with Gasteiger partial charge in [0.2, 0.25) is 5.43 Å². The van der Waals surface area contributed by atoms with E-state index in [2.05, 4.69) is 10.3 Å². The lowest BCUT2D eigenvalue weighted by atomic mass is 10.1. The van der Waals surface area contributed by atoms with Crippen LogP contribution in [-0.4, -0.2) is 10.8 Å². The van der Waals surface area contributed by atoms with Gasteiger partial charge in [0.1, 0.15) is 17.2 Å². The molecule has 0 aliphatic carbocycles. The van der Waals surface area contributed by atoms with Gasteiger partial charge in [-0.25, -0.2) is 4.39 Å². The van der Waals surface area contributed by atoms with Gasteiger partial charge in [-0.2, -0.15) is 0 Å². The zero-order chi connectivity index (χ0) is 18.3. The van der Waals surface area contributed by atoms with E-state index in [0.29, 0.717) is 0 Å². The molecule has 0 radical (unpaired) electrons. The van der Waals surface area contributed by atoms with Crippen molar-refractivity contribution in [3.8, 4) is 0 Å². The molecule has 3 rings (SSSR count). The van der Waals surface area contributed by atoms with Crippen LogP contribution in [0.3, 0.4) is 0 Å². The minimum absolute atomic E-state index is 0.0235. The molecule has 128 valence electrons. The fraction of sp³-hybridized carbons (Fsp3) is 0.0588. The molecule has 0 spiro atoms. The highest BCUT2D eigenvalue weighted by molar-refractivity contribution is 6.40. The van der Waals surface area contributed by atoms with Crippen molar-refractivity contribution < 1.29 is 9.18 Å². The number of carbonyl (C=O) groups is 1. The van der Waals surface area contributed by atoms with Crippen LogP contribution in [0.4, 0.5) is 15.9 Å². The number of anilines is 2. The van der Waals surface area contributed by atoms with Gasteiger partial charge in [-0.05, 0) is 37.3 Å². The minimum Gasteiger partial charge on any atom is -0.339 e. The summed E-state index contributed by atoms with van der Waals surface area (Å²) in [5.41, 5.74) is -0.474. The second kappa shape index (κ2) is 6.67. The summed E-state index contributed by atoms with van der Waals surface area (Å²) in [5.74, 6) is -1.12. The van der Waals surface area contributed by atoms with Gasteiger partial charge < -0.3 is 10.3 Å². The largest absolute Gasteiger partial charge is 0.339 e. The SMILES string of the molecule is CC(=O)c1c(Nc2ccc(Cl)cc2F)[nH]c2c(Cl)ccc(Cl)c2c1=O. The van der Waals surface area contributed by atoms with Crippen LogP contribution in [-0.2, 0) is 0 Å². The van der Waals surface area contributed by atoms with Crippen molar-refractivity contribution in [1.82, 2.24) is 4.98 Å². The quantitative estimate of drug-likeness (QED) is 0.566. The van der Waals surface area contributed by atoms with Crippen molar-refractivity contribution in [3.63, 3.8) is 0 Å². The van der Waals surface area contributed by atoms with E-state index in [4.69, 9.17) is 34.8 Å². The van der Waals surface area contributed by atoms with Crippen LogP contribution in [0.2, 0.25) is 15.1 Å². The van der Waals surface area contributed by atoms with E-state index in [-0.39, 0.29) is 43.0 Å². The molecule has 1 aromatic heterocycles. The Balaban J connectivity index is 2.30. The first-order valence-corrected chi connectivity index (χ1v) is 8.20. The average molecular weight is 400 g/mol. The number of aromatic nitrogens is 1. The van der Waals surface area contributed by atoms with Gasteiger partial charge in [-0.3, -0.25) is 9.59 Å². The molecular weight excluding hydrogens is 390 g/mol. The molecule has 2 aromatic carbocycles. The predicted octanol–water partition coefficient (Wildman–Crippen LogP) is 5.57. The fourth-order valence-electron chi connectivity index (χ4n) is 2.48. The van der Waals surface area contributed by atoms with Crippen molar-refractivity contribution in [1.29, 1.82) is 0 Å². The number of pyridine rings is 1. The summed E-state index contributed by atoms with van der Waals surface area (Å²) in [7, 11) is 0. The van der Waals surface area contributed by atoms with Gasteiger partial charge in [0.15, 0.2) is 5.78 Å². The molecule has 8 heteroatoms. The Morgan fingerprint density at radius 1 is 1.12 bits per heavy atom. The Kier molecular flexibility index (Phi) is 4.73. The highest BCUT2D eigenvalue weighted by Gasteiger charge is 2.20. The number of H-pyrrole nitrogens is 1. The Bertz CT molecular complexity index is 1080. The third-order valence-corrected chi connectivity index (χ3v) is 4.47. The van der Waals surface area contributed by atoms with Gasteiger partial charge in [0.25, 0.3) is 0 Å².